The number of aromatic nitrogens is 1. The molecule has 2 unspecified atom stereocenters. The molecular weight excluding hydrogens is 229 g/mol. The monoisotopic (exact) mass is 243 g/mol. The van der Waals surface area contributed by atoms with Crippen molar-refractivity contribution in [1.82, 2.24) is 4.57 Å². The molecule has 0 fully saturated rings. The summed E-state index contributed by atoms with van der Waals surface area (Å²) in [6.07, 6.45) is 1.79. The molecule has 0 aliphatic carbocycles. The average molecular weight is 243 g/mol. The summed E-state index contributed by atoms with van der Waals surface area (Å²) in [5.74, 6) is -0.302. The van der Waals surface area contributed by atoms with Gasteiger partial charge in [-0.25, -0.2) is 4.39 Å². The minimum Gasteiger partial charge on any atom is -0.330 e. The molecule has 0 radical (unpaired) electrons. The smallest absolute Gasteiger partial charge is 0.123 e. The zero-order valence-corrected chi connectivity index (χ0v) is 10.0. The average Bonchev–Trinajstić information content (AvgIpc) is 2.77. The lowest BCUT2D eigenvalue weighted by Crippen LogP contribution is -2.30. The summed E-state index contributed by atoms with van der Waals surface area (Å²) in [7, 11) is 0. The number of rotatable bonds is 3. The van der Waals surface area contributed by atoms with Crippen molar-refractivity contribution in [2.75, 3.05) is 0 Å². The van der Waals surface area contributed by atoms with Gasteiger partial charge in [-0.05, 0) is 36.8 Å². The molecule has 0 bridgehead atoms. The van der Waals surface area contributed by atoms with Gasteiger partial charge in [0.1, 0.15) is 17.6 Å². The molecule has 0 aliphatic rings. The van der Waals surface area contributed by atoms with E-state index in [0.29, 0.717) is 5.69 Å². The zero-order valence-electron chi connectivity index (χ0n) is 10.0. The van der Waals surface area contributed by atoms with E-state index >= 15 is 0 Å². The Bertz CT molecular complexity index is 581. The fourth-order valence-electron chi connectivity index (χ4n) is 2.14. The molecule has 1 aromatic heterocycles. The first-order valence-electron chi connectivity index (χ1n) is 5.71. The zero-order chi connectivity index (χ0) is 13.1. The predicted octanol–water partition coefficient (Wildman–Crippen LogP) is 2.44. The maximum atomic E-state index is 13.3. The van der Waals surface area contributed by atoms with Crippen molar-refractivity contribution >= 4 is 0 Å². The number of nitrogens with zero attached hydrogens (tertiary/aromatic N) is 2. The van der Waals surface area contributed by atoms with E-state index in [4.69, 9.17) is 11.0 Å². The van der Waals surface area contributed by atoms with Crippen molar-refractivity contribution in [1.29, 1.82) is 5.26 Å². The topological polar surface area (TPSA) is 54.7 Å². The molecule has 1 aromatic carbocycles. The van der Waals surface area contributed by atoms with Crippen molar-refractivity contribution in [3.05, 3.63) is 59.7 Å². The number of hydrogen-bond donors (Lipinski definition) is 1. The van der Waals surface area contributed by atoms with Gasteiger partial charge in [0, 0.05) is 12.2 Å². The largest absolute Gasteiger partial charge is 0.330 e. The molecule has 0 saturated heterocycles. The summed E-state index contributed by atoms with van der Waals surface area (Å²) in [5, 5.41) is 9.05. The van der Waals surface area contributed by atoms with Crippen LogP contribution in [0.2, 0.25) is 0 Å². The van der Waals surface area contributed by atoms with Crippen LogP contribution in [0.4, 0.5) is 4.39 Å². The van der Waals surface area contributed by atoms with E-state index in [-0.39, 0.29) is 17.9 Å². The third-order valence-corrected chi connectivity index (χ3v) is 2.88. The van der Waals surface area contributed by atoms with E-state index in [1.165, 1.54) is 12.1 Å². The van der Waals surface area contributed by atoms with E-state index in [9.17, 15) is 4.39 Å². The lowest BCUT2D eigenvalue weighted by atomic mass is 10.0. The molecule has 92 valence electrons. The maximum absolute atomic E-state index is 13.3. The van der Waals surface area contributed by atoms with Gasteiger partial charge >= 0.3 is 0 Å². The molecule has 2 atom stereocenters. The summed E-state index contributed by atoms with van der Waals surface area (Å²) >= 11 is 0. The Morgan fingerprint density at radius 2 is 2.11 bits per heavy atom. The SMILES string of the molecule is CC(N)C(c1cccc(F)c1)n1cccc1C#N. The molecule has 0 aliphatic heterocycles. The molecular formula is C14H14FN3. The molecule has 0 amide bonds. The van der Waals surface area contributed by atoms with Crippen molar-refractivity contribution in [2.45, 2.75) is 19.0 Å². The van der Waals surface area contributed by atoms with Crippen LogP contribution in [-0.2, 0) is 0 Å². The third kappa shape index (κ3) is 2.27. The van der Waals surface area contributed by atoms with Crippen molar-refractivity contribution in [2.24, 2.45) is 5.73 Å². The van der Waals surface area contributed by atoms with Gasteiger partial charge in [-0.2, -0.15) is 5.26 Å². The highest BCUT2D eigenvalue weighted by Gasteiger charge is 2.20. The van der Waals surface area contributed by atoms with Crippen LogP contribution in [0.15, 0.2) is 42.6 Å². The highest BCUT2D eigenvalue weighted by Crippen LogP contribution is 2.23. The first-order valence-corrected chi connectivity index (χ1v) is 5.71. The van der Waals surface area contributed by atoms with E-state index in [1.54, 1.807) is 29.0 Å². The van der Waals surface area contributed by atoms with Gasteiger partial charge in [-0.1, -0.05) is 12.1 Å². The third-order valence-electron chi connectivity index (χ3n) is 2.88. The van der Waals surface area contributed by atoms with Crippen LogP contribution in [0.1, 0.15) is 24.2 Å². The Morgan fingerprint density at radius 3 is 2.72 bits per heavy atom. The van der Waals surface area contributed by atoms with Gasteiger partial charge in [0.25, 0.3) is 0 Å². The van der Waals surface area contributed by atoms with Crippen LogP contribution in [-0.4, -0.2) is 10.6 Å². The highest BCUT2D eigenvalue weighted by molar-refractivity contribution is 5.29. The number of hydrogen-bond acceptors (Lipinski definition) is 2. The van der Waals surface area contributed by atoms with Crippen LogP contribution in [0.5, 0.6) is 0 Å². The molecule has 2 N–H and O–H groups in total. The van der Waals surface area contributed by atoms with Crippen LogP contribution in [0, 0.1) is 17.1 Å². The van der Waals surface area contributed by atoms with Crippen LogP contribution in [0.3, 0.4) is 0 Å². The van der Waals surface area contributed by atoms with Gasteiger partial charge in [-0.15, -0.1) is 0 Å². The van der Waals surface area contributed by atoms with Crippen molar-refractivity contribution in [3.8, 4) is 6.07 Å². The Kier molecular flexibility index (Phi) is 3.45. The molecule has 0 saturated carbocycles. The number of benzene rings is 1. The van der Waals surface area contributed by atoms with Gasteiger partial charge in [0.15, 0.2) is 0 Å². The molecule has 0 spiro atoms. The van der Waals surface area contributed by atoms with Gasteiger partial charge in [-0.3, -0.25) is 0 Å². The molecule has 2 rings (SSSR count). The first-order chi connectivity index (χ1) is 8.63. The van der Waals surface area contributed by atoms with Gasteiger partial charge < -0.3 is 10.3 Å². The van der Waals surface area contributed by atoms with Crippen molar-refractivity contribution < 1.29 is 4.39 Å². The lowest BCUT2D eigenvalue weighted by molar-refractivity contribution is 0.491. The Labute approximate surface area is 105 Å². The minimum absolute atomic E-state index is 0.230. The Morgan fingerprint density at radius 1 is 1.33 bits per heavy atom. The molecule has 2 aromatic rings. The van der Waals surface area contributed by atoms with Gasteiger partial charge in [0.2, 0.25) is 0 Å². The second-order valence-electron chi connectivity index (χ2n) is 4.27. The minimum atomic E-state index is -0.302. The predicted molar refractivity (Wildman–Crippen MR) is 67.3 cm³/mol. The number of nitrogens with two attached hydrogens (primary N) is 1. The van der Waals surface area contributed by atoms with E-state index in [1.807, 2.05) is 13.0 Å². The van der Waals surface area contributed by atoms with Crippen LogP contribution >= 0.6 is 0 Å². The molecule has 3 nitrogen and oxygen atoms in total. The summed E-state index contributed by atoms with van der Waals surface area (Å²) in [6, 6.07) is 11.4. The summed E-state index contributed by atoms with van der Waals surface area (Å²) in [6.45, 7) is 1.84. The van der Waals surface area contributed by atoms with Crippen LogP contribution < -0.4 is 5.73 Å². The number of halogens is 1. The van der Waals surface area contributed by atoms with E-state index in [0.717, 1.165) is 5.56 Å². The molecule has 18 heavy (non-hydrogen) atoms. The second kappa shape index (κ2) is 5.03. The van der Waals surface area contributed by atoms with Gasteiger partial charge in [0.05, 0.1) is 6.04 Å². The molecule has 1 heterocycles. The fraction of sp³-hybridized carbons (Fsp3) is 0.214. The maximum Gasteiger partial charge on any atom is 0.123 e. The Hall–Kier alpha value is -2.12. The van der Waals surface area contributed by atoms with Crippen molar-refractivity contribution in [3.63, 3.8) is 0 Å². The fourth-order valence-corrected chi connectivity index (χ4v) is 2.14. The Balaban J connectivity index is 2.51. The van der Waals surface area contributed by atoms with Crippen LogP contribution in [0.25, 0.3) is 0 Å². The quantitative estimate of drug-likeness (QED) is 0.900. The normalized spacial score (nSPS) is 13.9. The number of nitriles is 1. The summed E-state index contributed by atoms with van der Waals surface area (Å²) in [4.78, 5) is 0. The first kappa shape index (κ1) is 12.3. The van der Waals surface area contributed by atoms with E-state index < -0.39 is 0 Å². The summed E-state index contributed by atoms with van der Waals surface area (Å²) in [5.41, 5.74) is 7.26. The second-order valence-corrected chi connectivity index (χ2v) is 4.27. The standard InChI is InChI=1S/C14H14FN3/c1-10(17)14(11-4-2-5-12(15)8-11)18-7-3-6-13(18)9-16/h2-8,10,14H,17H2,1H3. The molecule has 4 heteroatoms. The summed E-state index contributed by atoms with van der Waals surface area (Å²) < 4.78 is 15.1. The van der Waals surface area contributed by atoms with E-state index in [2.05, 4.69) is 6.07 Å². The lowest BCUT2D eigenvalue weighted by Gasteiger charge is -2.24. The highest BCUT2D eigenvalue weighted by atomic mass is 19.1.